The molecule has 0 amide bonds. The highest BCUT2D eigenvalue weighted by Gasteiger charge is 2.36. The van der Waals surface area contributed by atoms with Gasteiger partial charge in [0.2, 0.25) is 5.78 Å². The van der Waals surface area contributed by atoms with E-state index in [1.165, 1.54) is 5.56 Å². The molecule has 0 heterocycles. The molecule has 144 valence electrons. The van der Waals surface area contributed by atoms with E-state index in [1.807, 2.05) is 24.3 Å². The maximum Gasteiger partial charge on any atom is 0.202 e. The second-order valence-corrected chi connectivity index (χ2v) is 6.96. The second-order valence-electron chi connectivity index (χ2n) is 6.96. The number of carbonyl (C=O) groups is 1. The van der Waals surface area contributed by atoms with E-state index in [-0.39, 0.29) is 11.7 Å². The van der Waals surface area contributed by atoms with Crippen LogP contribution in [0.1, 0.15) is 46.1 Å². The van der Waals surface area contributed by atoms with Crippen LogP contribution in [0.25, 0.3) is 0 Å². The SMILES string of the molecule is CC[C@@H]1C(=O)C(OCCc2ccc(OC)cc2)=C(N(CC)CC)CC1C. The van der Waals surface area contributed by atoms with Gasteiger partial charge in [0.05, 0.1) is 19.4 Å². The minimum Gasteiger partial charge on any atom is -0.497 e. The first kappa shape index (κ1) is 20.3. The predicted octanol–water partition coefficient (Wildman–Crippen LogP) is 4.44. The van der Waals surface area contributed by atoms with Gasteiger partial charge in [-0.15, -0.1) is 0 Å². The molecule has 0 radical (unpaired) electrons. The van der Waals surface area contributed by atoms with Crippen LogP contribution in [0.2, 0.25) is 0 Å². The van der Waals surface area contributed by atoms with E-state index < -0.39 is 0 Å². The Morgan fingerprint density at radius 3 is 2.31 bits per heavy atom. The smallest absolute Gasteiger partial charge is 0.202 e. The molecule has 0 aliphatic heterocycles. The highest BCUT2D eigenvalue weighted by Crippen LogP contribution is 2.35. The minimum atomic E-state index is 0.0744. The Kier molecular flexibility index (Phi) is 7.55. The molecule has 0 saturated heterocycles. The van der Waals surface area contributed by atoms with Crippen LogP contribution < -0.4 is 4.74 Å². The summed E-state index contributed by atoms with van der Waals surface area (Å²) in [5.41, 5.74) is 2.27. The van der Waals surface area contributed by atoms with Crippen LogP contribution in [0.4, 0.5) is 0 Å². The predicted molar refractivity (Wildman–Crippen MR) is 105 cm³/mol. The average molecular weight is 360 g/mol. The van der Waals surface area contributed by atoms with Crippen LogP contribution in [0, 0.1) is 11.8 Å². The van der Waals surface area contributed by atoms with E-state index in [1.54, 1.807) is 7.11 Å². The molecule has 0 saturated carbocycles. The molecule has 1 unspecified atom stereocenters. The van der Waals surface area contributed by atoms with Gasteiger partial charge in [0.25, 0.3) is 0 Å². The van der Waals surface area contributed by atoms with Crippen LogP contribution in [-0.4, -0.2) is 37.5 Å². The zero-order valence-electron chi connectivity index (χ0n) is 16.9. The van der Waals surface area contributed by atoms with Crippen LogP contribution in [0.3, 0.4) is 0 Å². The van der Waals surface area contributed by atoms with Crippen LogP contribution in [0.5, 0.6) is 5.75 Å². The number of hydrogen-bond donors (Lipinski definition) is 0. The number of methoxy groups -OCH3 is 1. The van der Waals surface area contributed by atoms with Gasteiger partial charge >= 0.3 is 0 Å². The van der Waals surface area contributed by atoms with Gasteiger partial charge in [0, 0.05) is 25.4 Å². The third kappa shape index (κ3) is 4.60. The van der Waals surface area contributed by atoms with Gasteiger partial charge in [-0.1, -0.05) is 26.0 Å². The lowest BCUT2D eigenvalue weighted by Gasteiger charge is -2.35. The third-order valence-corrected chi connectivity index (χ3v) is 5.41. The average Bonchev–Trinajstić information content (AvgIpc) is 2.65. The Morgan fingerprint density at radius 1 is 1.12 bits per heavy atom. The Balaban J connectivity index is 2.13. The quantitative estimate of drug-likeness (QED) is 0.653. The number of carbonyl (C=O) groups excluding carboxylic acids is 1. The fourth-order valence-corrected chi connectivity index (χ4v) is 3.79. The van der Waals surface area contributed by atoms with Crippen LogP contribution in [0.15, 0.2) is 35.7 Å². The number of benzene rings is 1. The molecule has 1 aromatic rings. The minimum absolute atomic E-state index is 0.0744. The largest absolute Gasteiger partial charge is 0.497 e. The summed E-state index contributed by atoms with van der Waals surface area (Å²) in [5.74, 6) is 2.08. The number of rotatable bonds is 9. The standard InChI is InChI=1S/C22H33NO3/c1-6-19-16(4)15-20(23(7-2)8-3)22(21(19)24)26-14-13-17-9-11-18(25-5)12-10-17/h9-12,16,19H,6-8,13-15H2,1-5H3/t16?,19-/m0/s1. The summed E-state index contributed by atoms with van der Waals surface area (Å²) in [4.78, 5) is 15.3. The molecule has 0 spiro atoms. The summed E-state index contributed by atoms with van der Waals surface area (Å²) in [5, 5.41) is 0. The van der Waals surface area contributed by atoms with Gasteiger partial charge in [0.1, 0.15) is 5.75 Å². The lowest BCUT2D eigenvalue weighted by atomic mass is 9.79. The summed E-state index contributed by atoms with van der Waals surface area (Å²) < 4.78 is 11.3. The fourth-order valence-electron chi connectivity index (χ4n) is 3.79. The number of allylic oxidation sites excluding steroid dienone is 2. The van der Waals surface area contributed by atoms with Crippen molar-refractivity contribution in [3.05, 3.63) is 41.3 Å². The molecule has 0 aromatic heterocycles. The number of hydrogen-bond acceptors (Lipinski definition) is 4. The van der Waals surface area contributed by atoms with Gasteiger partial charge in [-0.3, -0.25) is 4.79 Å². The molecular weight excluding hydrogens is 326 g/mol. The molecule has 4 nitrogen and oxygen atoms in total. The Labute approximate surface area is 158 Å². The molecule has 0 bridgehead atoms. The van der Waals surface area contributed by atoms with Crippen molar-refractivity contribution in [2.75, 3.05) is 26.8 Å². The summed E-state index contributed by atoms with van der Waals surface area (Å²) >= 11 is 0. The molecule has 2 rings (SSSR count). The van der Waals surface area contributed by atoms with Gasteiger partial charge in [0.15, 0.2) is 5.76 Å². The zero-order chi connectivity index (χ0) is 19.1. The van der Waals surface area contributed by atoms with Gasteiger partial charge in [-0.05, 0) is 50.3 Å². The summed E-state index contributed by atoms with van der Waals surface area (Å²) in [6, 6.07) is 8.00. The fraction of sp³-hybridized carbons (Fsp3) is 0.591. The van der Waals surface area contributed by atoms with E-state index >= 15 is 0 Å². The molecule has 0 N–H and O–H groups in total. The number of Topliss-reactive ketones (excluding diaryl/α,β-unsaturated/α-hetero) is 1. The van der Waals surface area contributed by atoms with E-state index in [9.17, 15) is 4.79 Å². The van der Waals surface area contributed by atoms with Crippen molar-refractivity contribution in [3.63, 3.8) is 0 Å². The summed E-state index contributed by atoms with van der Waals surface area (Å²) in [7, 11) is 1.67. The Hall–Kier alpha value is -1.97. The van der Waals surface area contributed by atoms with Gasteiger partial charge in [-0.25, -0.2) is 0 Å². The monoisotopic (exact) mass is 359 g/mol. The Morgan fingerprint density at radius 2 is 1.77 bits per heavy atom. The lowest BCUT2D eigenvalue weighted by molar-refractivity contribution is -0.125. The van der Waals surface area contributed by atoms with E-state index in [2.05, 4.69) is 32.6 Å². The first-order valence-corrected chi connectivity index (χ1v) is 9.83. The molecule has 2 atom stereocenters. The maximum atomic E-state index is 13.0. The first-order chi connectivity index (χ1) is 12.5. The van der Waals surface area contributed by atoms with Gasteiger partial charge in [-0.2, -0.15) is 0 Å². The summed E-state index contributed by atoms with van der Waals surface area (Å²) in [6.45, 7) is 10.9. The van der Waals surface area contributed by atoms with Crippen molar-refractivity contribution < 1.29 is 14.3 Å². The van der Waals surface area contributed by atoms with Crippen molar-refractivity contribution >= 4 is 5.78 Å². The van der Waals surface area contributed by atoms with Crippen molar-refractivity contribution in [2.45, 2.75) is 47.0 Å². The molecule has 0 fully saturated rings. The zero-order valence-corrected chi connectivity index (χ0v) is 16.9. The van der Waals surface area contributed by atoms with Crippen molar-refractivity contribution in [1.82, 2.24) is 4.90 Å². The molecule has 1 aliphatic rings. The third-order valence-electron chi connectivity index (χ3n) is 5.41. The van der Waals surface area contributed by atoms with Gasteiger partial charge < -0.3 is 14.4 Å². The highest BCUT2D eigenvalue weighted by molar-refractivity contribution is 5.97. The van der Waals surface area contributed by atoms with Crippen LogP contribution >= 0.6 is 0 Å². The van der Waals surface area contributed by atoms with Crippen molar-refractivity contribution in [3.8, 4) is 5.75 Å². The number of ether oxygens (including phenoxy) is 2. The molecule has 1 aliphatic carbocycles. The first-order valence-electron chi connectivity index (χ1n) is 9.83. The molecule has 1 aromatic carbocycles. The highest BCUT2D eigenvalue weighted by atomic mass is 16.5. The number of ketones is 1. The molecule has 4 heteroatoms. The van der Waals surface area contributed by atoms with E-state index in [0.29, 0.717) is 18.3 Å². The summed E-state index contributed by atoms with van der Waals surface area (Å²) in [6.07, 6.45) is 2.57. The van der Waals surface area contributed by atoms with E-state index in [4.69, 9.17) is 9.47 Å². The van der Waals surface area contributed by atoms with Crippen molar-refractivity contribution in [2.24, 2.45) is 11.8 Å². The maximum absolute atomic E-state index is 13.0. The molecular formula is C22H33NO3. The van der Waals surface area contributed by atoms with Crippen LogP contribution in [-0.2, 0) is 16.0 Å². The number of nitrogens with zero attached hydrogens (tertiary/aromatic N) is 1. The van der Waals surface area contributed by atoms with E-state index in [0.717, 1.165) is 43.8 Å². The second kappa shape index (κ2) is 9.65. The van der Waals surface area contributed by atoms with Crippen molar-refractivity contribution in [1.29, 1.82) is 0 Å². The Bertz CT molecular complexity index is 617. The normalized spacial score (nSPS) is 20.3. The topological polar surface area (TPSA) is 38.8 Å². The molecule has 26 heavy (non-hydrogen) atoms. The lowest BCUT2D eigenvalue weighted by Crippen LogP contribution is -2.36.